The Morgan fingerprint density at radius 2 is 1.50 bits per heavy atom. The molecular formula is C20H20ClN3O2. The summed E-state index contributed by atoms with van der Waals surface area (Å²) in [6.45, 7) is 3.20. The molecule has 0 spiro atoms. The van der Waals surface area contributed by atoms with Gasteiger partial charge in [0.1, 0.15) is 0 Å². The molecule has 134 valence electrons. The molecule has 0 aliphatic carbocycles. The lowest BCUT2D eigenvalue weighted by Crippen LogP contribution is -2.52. The molecule has 6 heteroatoms. The highest BCUT2D eigenvalue weighted by molar-refractivity contribution is 6.36. The number of para-hydroxylation sites is 2. The lowest BCUT2D eigenvalue weighted by atomic mass is 10.1. The fourth-order valence-electron chi connectivity index (χ4n) is 3.72. The van der Waals surface area contributed by atoms with Crippen molar-refractivity contribution in [3.63, 3.8) is 0 Å². The van der Waals surface area contributed by atoms with Gasteiger partial charge in [-0.3, -0.25) is 14.5 Å². The first-order valence-electron chi connectivity index (χ1n) is 8.80. The third-order valence-corrected chi connectivity index (χ3v) is 5.41. The van der Waals surface area contributed by atoms with Crippen LogP contribution in [0.2, 0.25) is 5.02 Å². The highest BCUT2D eigenvalue weighted by Crippen LogP contribution is 2.31. The molecule has 4 rings (SSSR count). The van der Waals surface area contributed by atoms with E-state index in [2.05, 4.69) is 21.9 Å². The standard InChI is InChI=1S/C20H20ClN3O2/c21-16-8-4-5-9-17(16)24-19(25)14-18(20(24)26)23-12-10-22(11-13-23)15-6-2-1-3-7-15/h1-9,18H,10-14H2/t18-/m0/s1. The van der Waals surface area contributed by atoms with Crippen LogP contribution in [0.1, 0.15) is 6.42 Å². The summed E-state index contributed by atoms with van der Waals surface area (Å²) in [7, 11) is 0. The summed E-state index contributed by atoms with van der Waals surface area (Å²) in [6.07, 6.45) is 0.218. The molecule has 5 nitrogen and oxygen atoms in total. The van der Waals surface area contributed by atoms with Gasteiger partial charge in [0.15, 0.2) is 0 Å². The molecule has 0 unspecified atom stereocenters. The second kappa shape index (κ2) is 7.09. The van der Waals surface area contributed by atoms with Gasteiger partial charge in [-0.15, -0.1) is 0 Å². The van der Waals surface area contributed by atoms with Gasteiger partial charge in [0.2, 0.25) is 5.91 Å². The van der Waals surface area contributed by atoms with E-state index < -0.39 is 6.04 Å². The largest absolute Gasteiger partial charge is 0.369 e. The Kier molecular flexibility index (Phi) is 4.66. The molecule has 2 amide bonds. The van der Waals surface area contributed by atoms with E-state index in [9.17, 15) is 9.59 Å². The smallest absolute Gasteiger partial charge is 0.251 e. The molecule has 2 aromatic rings. The highest BCUT2D eigenvalue weighted by atomic mass is 35.5. The van der Waals surface area contributed by atoms with Gasteiger partial charge < -0.3 is 4.90 Å². The minimum absolute atomic E-state index is 0.170. The lowest BCUT2D eigenvalue weighted by molar-refractivity contribution is -0.123. The van der Waals surface area contributed by atoms with Crippen molar-refractivity contribution in [1.29, 1.82) is 0 Å². The average Bonchev–Trinajstić information content (AvgIpc) is 2.97. The van der Waals surface area contributed by atoms with E-state index in [4.69, 9.17) is 11.6 Å². The van der Waals surface area contributed by atoms with Crippen LogP contribution in [0.4, 0.5) is 11.4 Å². The maximum Gasteiger partial charge on any atom is 0.251 e. The quantitative estimate of drug-likeness (QED) is 0.780. The Morgan fingerprint density at radius 1 is 0.846 bits per heavy atom. The van der Waals surface area contributed by atoms with Crippen LogP contribution in [-0.2, 0) is 9.59 Å². The van der Waals surface area contributed by atoms with Crippen molar-refractivity contribution in [3.05, 3.63) is 59.6 Å². The van der Waals surface area contributed by atoms with Gasteiger partial charge in [0.05, 0.1) is 23.2 Å². The number of halogens is 1. The number of anilines is 2. The molecule has 1 atom stereocenters. The van der Waals surface area contributed by atoms with Crippen molar-refractivity contribution in [3.8, 4) is 0 Å². The van der Waals surface area contributed by atoms with Gasteiger partial charge in [-0.05, 0) is 24.3 Å². The fourth-order valence-corrected chi connectivity index (χ4v) is 3.94. The van der Waals surface area contributed by atoms with Gasteiger partial charge in [0.25, 0.3) is 5.91 Å². The van der Waals surface area contributed by atoms with Crippen LogP contribution in [0.3, 0.4) is 0 Å². The van der Waals surface area contributed by atoms with Crippen LogP contribution < -0.4 is 9.80 Å². The van der Waals surface area contributed by atoms with Gasteiger partial charge in [0, 0.05) is 31.9 Å². The average molecular weight is 370 g/mol. The molecule has 2 aliphatic rings. The number of carbonyl (C=O) groups is 2. The maximum atomic E-state index is 12.9. The summed E-state index contributed by atoms with van der Waals surface area (Å²) < 4.78 is 0. The molecule has 26 heavy (non-hydrogen) atoms. The summed E-state index contributed by atoms with van der Waals surface area (Å²) in [4.78, 5) is 31.1. The zero-order valence-electron chi connectivity index (χ0n) is 14.3. The summed E-state index contributed by atoms with van der Waals surface area (Å²) in [6, 6.07) is 16.9. The zero-order valence-corrected chi connectivity index (χ0v) is 15.1. The Balaban J connectivity index is 1.46. The number of piperazine rings is 1. The van der Waals surface area contributed by atoms with Crippen molar-refractivity contribution < 1.29 is 9.59 Å². The Labute approximate surface area is 157 Å². The van der Waals surface area contributed by atoms with E-state index in [1.165, 1.54) is 10.6 Å². The molecule has 0 saturated carbocycles. The number of benzene rings is 2. The summed E-state index contributed by atoms with van der Waals surface area (Å²) in [5.74, 6) is -0.352. The number of hydrogen-bond donors (Lipinski definition) is 0. The van der Waals surface area contributed by atoms with Gasteiger partial charge in [-0.1, -0.05) is 41.9 Å². The van der Waals surface area contributed by atoms with Crippen LogP contribution in [-0.4, -0.2) is 48.9 Å². The first kappa shape index (κ1) is 17.1. The van der Waals surface area contributed by atoms with Crippen molar-refractivity contribution in [2.24, 2.45) is 0 Å². The molecule has 2 saturated heterocycles. The van der Waals surface area contributed by atoms with Gasteiger partial charge in [-0.2, -0.15) is 0 Å². The predicted molar refractivity (Wildman–Crippen MR) is 103 cm³/mol. The Morgan fingerprint density at radius 3 is 2.19 bits per heavy atom. The monoisotopic (exact) mass is 369 g/mol. The number of amides is 2. The third kappa shape index (κ3) is 3.08. The Hall–Kier alpha value is -2.37. The van der Waals surface area contributed by atoms with Crippen LogP contribution in [0.15, 0.2) is 54.6 Å². The first-order valence-corrected chi connectivity index (χ1v) is 9.18. The molecule has 2 fully saturated rings. The van der Waals surface area contributed by atoms with E-state index in [0.717, 1.165) is 26.2 Å². The molecule has 2 aromatic carbocycles. The minimum Gasteiger partial charge on any atom is -0.369 e. The van der Waals surface area contributed by atoms with E-state index in [0.29, 0.717) is 10.7 Å². The fraction of sp³-hybridized carbons (Fsp3) is 0.300. The molecule has 2 aliphatic heterocycles. The van der Waals surface area contributed by atoms with Crippen LogP contribution in [0.5, 0.6) is 0 Å². The zero-order chi connectivity index (χ0) is 18.1. The molecule has 0 aromatic heterocycles. The van der Waals surface area contributed by atoms with Crippen molar-refractivity contribution in [2.75, 3.05) is 36.0 Å². The van der Waals surface area contributed by atoms with E-state index in [1.54, 1.807) is 24.3 Å². The SMILES string of the molecule is O=C1C[C@H](N2CCN(c3ccccc3)CC2)C(=O)N1c1ccccc1Cl. The van der Waals surface area contributed by atoms with Gasteiger partial charge in [-0.25, -0.2) is 4.90 Å². The van der Waals surface area contributed by atoms with E-state index in [1.807, 2.05) is 18.2 Å². The third-order valence-electron chi connectivity index (χ3n) is 5.09. The van der Waals surface area contributed by atoms with Gasteiger partial charge >= 0.3 is 0 Å². The minimum atomic E-state index is -0.392. The molecule has 0 radical (unpaired) electrons. The molecule has 2 heterocycles. The second-order valence-electron chi connectivity index (χ2n) is 6.60. The topological polar surface area (TPSA) is 43.9 Å². The Bertz CT molecular complexity index is 819. The summed E-state index contributed by atoms with van der Waals surface area (Å²) in [5.41, 5.74) is 1.67. The predicted octanol–water partition coefficient (Wildman–Crippen LogP) is 2.79. The number of carbonyl (C=O) groups excluding carboxylic acids is 2. The molecule has 0 N–H and O–H groups in total. The highest BCUT2D eigenvalue weighted by Gasteiger charge is 2.43. The van der Waals surface area contributed by atoms with E-state index in [-0.39, 0.29) is 18.2 Å². The van der Waals surface area contributed by atoms with Crippen LogP contribution in [0, 0.1) is 0 Å². The molecule has 0 bridgehead atoms. The maximum absolute atomic E-state index is 12.9. The lowest BCUT2D eigenvalue weighted by Gasteiger charge is -2.38. The first-order chi connectivity index (χ1) is 12.6. The van der Waals surface area contributed by atoms with Crippen molar-refractivity contribution in [1.82, 2.24) is 4.90 Å². The van der Waals surface area contributed by atoms with Crippen molar-refractivity contribution in [2.45, 2.75) is 12.5 Å². The second-order valence-corrected chi connectivity index (χ2v) is 7.00. The number of nitrogens with zero attached hydrogens (tertiary/aromatic N) is 3. The number of rotatable bonds is 3. The number of imide groups is 1. The normalized spacial score (nSPS) is 21.5. The summed E-state index contributed by atoms with van der Waals surface area (Å²) >= 11 is 6.19. The van der Waals surface area contributed by atoms with Crippen LogP contribution >= 0.6 is 11.6 Å². The van der Waals surface area contributed by atoms with Crippen molar-refractivity contribution >= 4 is 34.8 Å². The number of hydrogen-bond acceptors (Lipinski definition) is 4. The summed E-state index contributed by atoms with van der Waals surface area (Å²) in [5, 5.41) is 0.420. The van der Waals surface area contributed by atoms with E-state index >= 15 is 0 Å². The molecular weight excluding hydrogens is 350 g/mol. The van der Waals surface area contributed by atoms with Crippen LogP contribution in [0.25, 0.3) is 0 Å².